The molecule has 2 amide bonds. The molecule has 1 aliphatic heterocycles. The van der Waals surface area contributed by atoms with Gasteiger partial charge in [-0.25, -0.2) is 9.80 Å². The number of urea groups is 1. The fraction of sp³-hybridized carbons (Fsp3) is 0.136. The smallest absolute Gasteiger partial charge is 0.342 e. The molecule has 0 saturated heterocycles. The van der Waals surface area contributed by atoms with Crippen molar-refractivity contribution >= 4 is 45.8 Å². The normalized spacial score (nSPS) is 15.9. The molecule has 29 heavy (non-hydrogen) atoms. The summed E-state index contributed by atoms with van der Waals surface area (Å²) in [5, 5.41) is 11.1. The third-order valence-corrected chi connectivity index (χ3v) is 5.06. The molecule has 0 aliphatic carbocycles. The van der Waals surface area contributed by atoms with Crippen LogP contribution in [0.3, 0.4) is 0 Å². The third kappa shape index (κ3) is 3.79. The first kappa shape index (κ1) is 19.0. The summed E-state index contributed by atoms with van der Waals surface area (Å²) in [4.78, 5) is 25.2. The molecule has 0 radical (unpaired) electrons. The van der Waals surface area contributed by atoms with Crippen LogP contribution in [0.15, 0.2) is 71.8 Å². The largest absolute Gasteiger partial charge is 0.468 e. The molecule has 0 bridgehead atoms. The van der Waals surface area contributed by atoms with Gasteiger partial charge in [0.25, 0.3) is 0 Å². The number of carbonyl (C=O) groups excluding carboxylic acids is 2. The van der Waals surface area contributed by atoms with E-state index in [4.69, 9.17) is 16.3 Å². The molecule has 0 fully saturated rings. The average molecular weight is 408 g/mol. The number of halogens is 1. The average Bonchev–Trinajstić information content (AvgIpc) is 3.19. The lowest BCUT2D eigenvalue weighted by molar-refractivity contribution is -0.142. The number of nitrogens with zero attached hydrogens (tertiary/aromatic N) is 2. The van der Waals surface area contributed by atoms with Crippen LogP contribution in [0.4, 0.5) is 10.5 Å². The van der Waals surface area contributed by atoms with Gasteiger partial charge in [0.1, 0.15) is 5.92 Å². The maximum atomic E-state index is 12.9. The van der Waals surface area contributed by atoms with E-state index < -0.39 is 17.9 Å². The number of hydrogen-bond donors (Lipinski definition) is 1. The molecule has 1 unspecified atom stereocenters. The Bertz CT molecular complexity index is 1110. The maximum absolute atomic E-state index is 12.9. The highest BCUT2D eigenvalue weighted by molar-refractivity contribution is 6.30. The predicted octanol–water partition coefficient (Wildman–Crippen LogP) is 4.53. The van der Waals surface area contributed by atoms with E-state index >= 15 is 0 Å². The van der Waals surface area contributed by atoms with Crippen molar-refractivity contribution in [2.75, 3.05) is 19.0 Å². The van der Waals surface area contributed by atoms with Crippen LogP contribution in [-0.4, -0.2) is 36.4 Å². The number of rotatable bonds is 3. The second-order valence-electron chi connectivity index (χ2n) is 6.61. The summed E-state index contributed by atoms with van der Waals surface area (Å²) in [6.07, 6.45) is 0. The number of hydrazone groups is 1. The Labute approximate surface area is 172 Å². The van der Waals surface area contributed by atoms with Gasteiger partial charge in [0, 0.05) is 10.4 Å². The van der Waals surface area contributed by atoms with Crippen molar-refractivity contribution in [3.05, 3.63) is 77.3 Å². The van der Waals surface area contributed by atoms with Crippen LogP contribution < -0.4 is 5.32 Å². The van der Waals surface area contributed by atoms with E-state index in [2.05, 4.69) is 10.4 Å². The van der Waals surface area contributed by atoms with E-state index in [1.165, 1.54) is 12.1 Å². The third-order valence-electron chi connectivity index (χ3n) is 4.81. The fourth-order valence-corrected chi connectivity index (χ4v) is 3.48. The van der Waals surface area contributed by atoms with Gasteiger partial charge in [0.2, 0.25) is 0 Å². The number of ether oxygens (including phenoxy) is 1. The monoisotopic (exact) mass is 407 g/mol. The Balaban J connectivity index is 1.62. The number of benzene rings is 3. The van der Waals surface area contributed by atoms with Gasteiger partial charge < -0.3 is 10.1 Å². The van der Waals surface area contributed by atoms with Crippen molar-refractivity contribution in [2.45, 2.75) is 0 Å². The predicted molar refractivity (Wildman–Crippen MR) is 113 cm³/mol. The lowest BCUT2D eigenvalue weighted by Crippen LogP contribution is -2.33. The zero-order chi connectivity index (χ0) is 20.4. The Morgan fingerprint density at radius 3 is 2.55 bits per heavy atom. The Hall–Kier alpha value is -3.38. The van der Waals surface area contributed by atoms with E-state index in [-0.39, 0.29) is 6.54 Å². The standard InChI is InChI=1S/C22H18ClN3O3/c1-29-21(27)18-13-26(25-20(18)15-9-11-16(23)12-10-15)22(28)24-19-8-4-6-14-5-2-3-7-17(14)19/h2-12,18H,13H2,1H3,(H,24,28). The van der Waals surface area contributed by atoms with Crippen LogP contribution >= 0.6 is 11.6 Å². The topological polar surface area (TPSA) is 71.0 Å². The lowest BCUT2D eigenvalue weighted by Gasteiger charge is -2.15. The zero-order valence-corrected chi connectivity index (χ0v) is 16.4. The van der Waals surface area contributed by atoms with E-state index in [0.717, 1.165) is 10.8 Å². The van der Waals surface area contributed by atoms with Crippen LogP contribution in [0.2, 0.25) is 5.02 Å². The van der Waals surface area contributed by atoms with Crippen molar-refractivity contribution in [3.8, 4) is 0 Å². The molecule has 1 atom stereocenters. The summed E-state index contributed by atoms with van der Waals surface area (Å²) in [6.45, 7) is 0.0984. The van der Waals surface area contributed by atoms with E-state index in [1.807, 2.05) is 42.5 Å². The van der Waals surface area contributed by atoms with Crippen molar-refractivity contribution in [3.63, 3.8) is 0 Å². The highest BCUT2D eigenvalue weighted by atomic mass is 35.5. The van der Waals surface area contributed by atoms with Gasteiger partial charge in [-0.15, -0.1) is 0 Å². The number of methoxy groups -OCH3 is 1. The highest BCUT2D eigenvalue weighted by Gasteiger charge is 2.37. The second kappa shape index (κ2) is 7.93. The Morgan fingerprint density at radius 2 is 1.79 bits per heavy atom. The number of anilines is 1. The Morgan fingerprint density at radius 1 is 1.07 bits per heavy atom. The molecular formula is C22H18ClN3O3. The van der Waals surface area contributed by atoms with Gasteiger partial charge in [-0.05, 0) is 29.1 Å². The molecule has 4 rings (SSSR count). The lowest BCUT2D eigenvalue weighted by atomic mass is 9.98. The minimum absolute atomic E-state index is 0.0984. The quantitative estimate of drug-likeness (QED) is 0.648. The maximum Gasteiger partial charge on any atom is 0.342 e. The zero-order valence-electron chi connectivity index (χ0n) is 15.6. The number of hydrogen-bond acceptors (Lipinski definition) is 4. The number of amides is 2. The molecule has 146 valence electrons. The highest BCUT2D eigenvalue weighted by Crippen LogP contribution is 2.26. The second-order valence-corrected chi connectivity index (χ2v) is 7.04. The minimum Gasteiger partial charge on any atom is -0.468 e. The van der Waals surface area contributed by atoms with E-state index in [9.17, 15) is 9.59 Å². The summed E-state index contributed by atoms with van der Waals surface area (Å²) in [5.74, 6) is -1.11. The first-order chi connectivity index (χ1) is 14.1. The van der Waals surface area contributed by atoms with Crippen LogP contribution in [0.25, 0.3) is 10.8 Å². The van der Waals surface area contributed by atoms with Crippen molar-refractivity contribution in [2.24, 2.45) is 11.0 Å². The molecule has 1 heterocycles. The van der Waals surface area contributed by atoms with Crippen LogP contribution in [0, 0.1) is 5.92 Å². The molecule has 7 heteroatoms. The molecule has 0 aromatic heterocycles. The van der Waals surface area contributed by atoms with E-state index in [1.54, 1.807) is 24.3 Å². The first-order valence-electron chi connectivity index (χ1n) is 9.05. The van der Waals surface area contributed by atoms with Crippen molar-refractivity contribution in [1.82, 2.24) is 5.01 Å². The summed E-state index contributed by atoms with van der Waals surface area (Å²) < 4.78 is 4.91. The summed E-state index contributed by atoms with van der Waals surface area (Å²) in [7, 11) is 1.32. The molecular weight excluding hydrogens is 390 g/mol. The van der Waals surface area contributed by atoms with Gasteiger partial charge in [-0.2, -0.15) is 5.10 Å². The van der Waals surface area contributed by atoms with Gasteiger partial charge in [0.15, 0.2) is 0 Å². The minimum atomic E-state index is -0.667. The number of nitrogens with one attached hydrogen (secondary N) is 1. The van der Waals surface area contributed by atoms with Gasteiger partial charge in [0.05, 0.1) is 25.1 Å². The van der Waals surface area contributed by atoms with Crippen LogP contribution in [-0.2, 0) is 9.53 Å². The number of carbonyl (C=O) groups is 2. The first-order valence-corrected chi connectivity index (χ1v) is 9.43. The Kier molecular flexibility index (Phi) is 5.18. The molecule has 1 aliphatic rings. The summed E-state index contributed by atoms with van der Waals surface area (Å²) in [6, 6.07) is 20.0. The number of fused-ring (bicyclic) bond motifs is 1. The summed E-state index contributed by atoms with van der Waals surface area (Å²) in [5.41, 5.74) is 1.87. The van der Waals surface area contributed by atoms with Gasteiger partial charge in [-0.3, -0.25) is 4.79 Å². The van der Waals surface area contributed by atoms with Gasteiger partial charge in [-0.1, -0.05) is 60.1 Å². The molecule has 0 spiro atoms. The molecule has 0 saturated carbocycles. The number of esters is 1. The molecule has 1 N–H and O–H groups in total. The van der Waals surface area contributed by atoms with Crippen LogP contribution in [0.1, 0.15) is 5.56 Å². The fourth-order valence-electron chi connectivity index (χ4n) is 3.35. The molecule has 3 aromatic rings. The van der Waals surface area contributed by atoms with Gasteiger partial charge >= 0.3 is 12.0 Å². The molecule has 3 aromatic carbocycles. The summed E-state index contributed by atoms with van der Waals surface area (Å²) >= 11 is 5.96. The molecule has 6 nitrogen and oxygen atoms in total. The van der Waals surface area contributed by atoms with Crippen molar-refractivity contribution < 1.29 is 14.3 Å². The van der Waals surface area contributed by atoms with Crippen LogP contribution in [0.5, 0.6) is 0 Å². The van der Waals surface area contributed by atoms with E-state index in [0.29, 0.717) is 22.0 Å². The van der Waals surface area contributed by atoms with Crippen molar-refractivity contribution in [1.29, 1.82) is 0 Å². The SMILES string of the molecule is COC(=O)C1CN(C(=O)Nc2cccc3ccccc23)N=C1c1ccc(Cl)cc1.